The highest BCUT2D eigenvalue weighted by molar-refractivity contribution is 5.95. The standard InChI is InChI=1S/C20H20F3N3O2/c1-14(27)24-17-7-5-15(6-8-17)19(28)26-11-9-25(10-12-26)18-4-2-3-16(13-18)20(21,22)23/h2-8,13H,9-12H2,1H3,(H,24,27). The molecule has 0 bridgehead atoms. The number of halogens is 3. The SMILES string of the molecule is CC(=O)Nc1ccc(C(=O)N2CCN(c3cccc(C(F)(F)F)c3)CC2)cc1. The maximum atomic E-state index is 12.9. The molecule has 1 saturated heterocycles. The Hall–Kier alpha value is -3.03. The number of carbonyl (C=O) groups is 2. The van der Waals surface area contributed by atoms with Crippen LogP contribution in [0.5, 0.6) is 0 Å². The van der Waals surface area contributed by atoms with E-state index in [1.165, 1.54) is 13.0 Å². The molecule has 0 aliphatic carbocycles. The number of rotatable bonds is 3. The molecule has 0 spiro atoms. The molecular formula is C20H20F3N3O2. The van der Waals surface area contributed by atoms with Gasteiger partial charge in [-0.25, -0.2) is 0 Å². The average Bonchev–Trinajstić information content (AvgIpc) is 2.67. The summed E-state index contributed by atoms with van der Waals surface area (Å²) in [6.07, 6.45) is -4.38. The van der Waals surface area contributed by atoms with Gasteiger partial charge in [-0.1, -0.05) is 6.07 Å². The van der Waals surface area contributed by atoms with E-state index in [2.05, 4.69) is 5.32 Å². The Morgan fingerprint density at radius 1 is 0.964 bits per heavy atom. The van der Waals surface area contributed by atoms with E-state index in [0.717, 1.165) is 12.1 Å². The summed E-state index contributed by atoms with van der Waals surface area (Å²) in [5.41, 5.74) is 0.935. The van der Waals surface area contributed by atoms with Gasteiger partial charge in [-0.15, -0.1) is 0 Å². The maximum Gasteiger partial charge on any atom is 0.416 e. The first-order valence-corrected chi connectivity index (χ1v) is 8.83. The Morgan fingerprint density at radius 2 is 1.61 bits per heavy atom. The topological polar surface area (TPSA) is 52.7 Å². The monoisotopic (exact) mass is 391 g/mol. The molecule has 1 aliphatic rings. The summed E-state index contributed by atoms with van der Waals surface area (Å²) in [6.45, 7) is 3.15. The molecule has 5 nitrogen and oxygen atoms in total. The van der Waals surface area contributed by atoms with E-state index in [-0.39, 0.29) is 11.8 Å². The fourth-order valence-electron chi connectivity index (χ4n) is 3.13. The highest BCUT2D eigenvalue weighted by atomic mass is 19.4. The molecule has 2 amide bonds. The van der Waals surface area contributed by atoms with Gasteiger partial charge in [-0.3, -0.25) is 9.59 Å². The lowest BCUT2D eigenvalue weighted by Crippen LogP contribution is -2.48. The summed E-state index contributed by atoms with van der Waals surface area (Å²) in [5, 5.41) is 2.64. The van der Waals surface area contributed by atoms with Crippen molar-refractivity contribution in [3.05, 3.63) is 59.7 Å². The van der Waals surface area contributed by atoms with Gasteiger partial charge < -0.3 is 15.1 Å². The van der Waals surface area contributed by atoms with Crippen molar-refractivity contribution in [3.8, 4) is 0 Å². The maximum absolute atomic E-state index is 12.9. The van der Waals surface area contributed by atoms with E-state index in [9.17, 15) is 22.8 Å². The van der Waals surface area contributed by atoms with Crippen molar-refractivity contribution in [2.45, 2.75) is 13.1 Å². The predicted octanol–water partition coefficient (Wildman–Crippen LogP) is 3.63. The molecule has 0 unspecified atom stereocenters. The van der Waals surface area contributed by atoms with Crippen LogP contribution in [0.4, 0.5) is 24.5 Å². The van der Waals surface area contributed by atoms with Gasteiger partial charge >= 0.3 is 6.18 Å². The van der Waals surface area contributed by atoms with E-state index >= 15 is 0 Å². The van der Waals surface area contributed by atoms with E-state index < -0.39 is 11.7 Å². The third kappa shape index (κ3) is 4.62. The van der Waals surface area contributed by atoms with Gasteiger partial charge in [-0.2, -0.15) is 13.2 Å². The van der Waals surface area contributed by atoms with Crippen molar-refractivity contribution in [2.75, 3.05) is 36.4 Å². The van der Waals surface area contributed by atoms with Crippen molar-refractivity contribution >= 4 is 23.2 Å². The van der Waals surface area contributed by atoms with Crippen LogP contribution >= 0.6 is 0 Å². The summed E-state index contributed by atoms with van der Waals surface area (Å²) < 4.78 is 38.7. The van der Waals surface area contributed by atoms with Gasteiger partial charge in [0.25, 0.3) is 5.91 Å². The van der Waals surface area contributed by atoms with Gasteiger partial charge in [0.2, 0.25) is 5.91 Å². The summed E-state index contributed by atoms with van der Waals surface area (Å²) in [7, 11) is 0. The number of piperazine rings is 1. The second-order valence-corrected chi connectivity index (χ2v) is 6.59. The fourth-order valence-corrected chi connectivity index (χ4v) is 3.13. The van der Waals surface area contributed by atoms with Crippen LogP contribution in [0.1, 0.15) is 22.8 Å². The molecular weight excluding hydrogens is 371 g/mol. The molecule has 0 atom stereocenters. The van der Waals surface area contributed by atoms with E-state index in [1.807, 2.05) is 4.90 Å². The van der Waals surface area contributed by atoms with Crippen LogP contribution < -0.4 is 10.2 Å². The predicted molar refractivity (Wildman–Crippen MR) is 100 cm³/mol. The number of nitrogens with zero attached hydrogens (tertiary/aromatic N) is 2. The molecule has 0 saturated carbocycles. The number of alkyl halides is 3. The zero-order valence-electron chi connectivity index (χ0n) is 15.3. The number of hydrogen-bond donors (Lipinski definition) is 1. The third-order valence-electron chi connectivity index (χ3n) is 4.56. The Labute approximate surface area is 160 Å². The van der Waals surface area contributed by atoms with Gasteiger partial charge in [0.15, 0.2) is 0 Å². The van der Waals surface area contributed by atoms with E-state index in [0.29, 0.717) is 43.1 Å². The lowest BCUT2D eigenvalue weighted by atomic mass is 10.1. The number of hydrogen-bond acceptors (Lipinski definition) is 3. The van der Waals surface area contributed by atoms with Gasteiger partial charge in [0, 0.05) is 50.0 Å². The van der Waals surface area contributed by atoms with Gasteiger partial charge in [0.05, 0.1) is 5.56 Å². The van der Waals surface area contributed by atoms with Crippen LogP contribution in [-0.4, -0.2) is 42.9 Å². The summed E-state index contributed by atoms with van der Waals surface area (Å²) in [4.78, 5) is 27.2. The Morgan fingerprint density at radius 3 is 2.18 bits per heavy atom. The van der Waals surface area contributed by atoms with Crippen LogP contribution in [0.3, 0.4) is 0 Å². The molecule has 28 heavy (non-hydrogen) atoms. The van der Waals surface area contributed by atoms with E-state index in [4.69, 9.17) is 0 Å². The second kappa shape index (κ2) is 7.92. The van der Waals surface area contributed by atoms with Gasteiger partial charge in [0.1, 0.15) is 0 Å². The van der Waals surface area contributed by atoms with Crippen molar-refractivity contribution in [1.29, 1.82) is 0 Å². The average molecular weight is 391 g/mol. The molecule has 0 radical (unpaired) electrons. The normalized spacial score (nSPS) is 14.7. The van der Waals surface area contributed by atoms with Crippen LogP contribution in [0.25, 0.3) is 0 Å². The minimum Gasteiger partial charge on any atom is -0.368 e. The summed E-state index contributed by atoms with van der Waals surface area (Å²) in [6, 6.07) is 11.8. The van der Waals surface area contributed by atoms with Crippen molar-refractivity contribution in [3.63, 3.8) is 0 Å². The minimum absolute atomic E-state index is 0.141. The minimum atomic E-state index is -4.38. The number of benzene rings is 2. The Balaban J connectivity index is 1.62. The van der Waals surface area contributed by atoms with Crippen LogP contribution in [0.2, 0.25) is 0 Å². The van der Waals surface area contributed by atoms with Gasteiger partial charge in [-0.05, 0) is 42.5 Å². The molecule has 1 fully saturated rings. The molecule has 2 aromatic rings. The number of carbonyl (C=O) groups excluding carboxylic acids is 2. The number of nitrogens with one attached hydrogen (secondary N) is 1. The number of amides is 2. The van der Waals surface area contributed by atoms with Crippen LogP contribution in [0, 0.1) is 0 Å². The summed E-state index contributed by atoms with van der Waals surface area (Å²) in [5.74, 6) is -0.331. The quantitative estimate of drug-likeness (QED) is 0.870. The highest BCUT2D eigenvalue weighted by Crippen LogP contribution is 2.32. The Kier molecular flexibility index (Phi) is 5.58. The zero-order chi connectivity index (χ0) is 20.3. The van der Waals surface area contributed by atoms with Crippen molar-refractivity contribution in [1.82, 2.24) is 4.90 Å². The first kappa shape index (κ1) is 19.7. The fraction of sp³-hybridized carbons (Fsp3) is 0.300. The molecule has 2 aromatic carbocycles. The molecule has 1 aliphatic heterocycles. The van der Waals surface area contributed by atoms with E-state index in [1.54, 1.807) is 35.2 Å². The third-order valence-corrected chi connectivity index (χ3v) is 4.56. The molecule has 0 aromatic heterocycles. The first-order valence-electron chi connectivity index (χ1n) is 8.83. The summed E-state index contributed by atoms with van der Waals surface area (Å²) >= 11 is 0. The molecule has 148 valence electrons. The smallest absolute Gasteiger partial charge is 0.368 e. The number of anilines is 2. The largest absolute Gasteiger partial charge is 0.416 e. The lowest BCUT2D eigenvalue weighted by molar-refractivity contribution is -0.137. The van der Waals surface area contributed by atoms with Crippen LogP contribution in [-0.2, 0) is 11.0 Å². The lowest BCUT2D eigenvalue weighted by Gasteiger charge is -2.36. The molecule has 8 heteroatoms. The van der Waals surface area contributed by atoms with Crippen molar-refractivity contribution < 1.29 is 22.8 Å². The van der Waals surface area contributed by atoms with Crippen LogP contribution in [0.15, 0.2) is 48.5 Å². The highest BCUT2D eigenvalue weighted by Gasteiger charge is 2.31. The van der Waals surface area contributed by atoms with Crippen molar-refractivity contribution in [2.24, 2.45) is 0 Å². The first-order chi connectivity index (χ1) is 13.2. The zero-order valence-corrected chi connectivity index (χ0v) is 15.3. The second-order valence-electron chi connectivity index (χ2n) is 6.59. The molecule has 3 rings (SSSR count). The molecule has 1 N–H and O–H groups in total. The Bertz CT molecular complexity index is 858. The molecule has 1 heterocycles.